The van der Waals surface area contributed by atoms with E-state index in [-0.39, 0.29) is 10.9 Å². The van der Waals surface area contributed by atoms with Crippen LogP contribution in [0.2, 0.25) is 0 Å². The molecule has 4 nitrogen and oxygen atoms in total. The Kier molecular flexibility index (Phi) is 4.98. The second-order valence-corrected chi connectivity index (χ2v) is 7.04. The molecule has 1 aromatic carbocycles. The van der Waals surface area contributed by atoms with E-state index in [1.807, 2.05) is 34.6 Å². The zero-order valence-electron chi connectivity index (χ0n) is 12.4. The number of nitrogen functional groups attached to an aromatic ring is 1. The first-order chi connectivity index (χ1) is 8.71. The lowest BCUT2D eigenvalue weighted by Crippen LogP contribution is -2.37. The molecule has 19 heavy (non-hydrogen) atoms. The molecular formula is C14H24N2O2S. The number of sulfonamides is 1. The van der Waals surface area contributed by atoms with Crippen molar-refractivity contribution in [3.63, 3.8) is 0 Å². The van der Waals surface area contributed by atoms with Crippen molar-refractivity contribution in [2.24, 2.45) is 0 Å². The van der Waals surface area contributed by atoms with Crippen molar-refractivity contribution in [1.82, 2.24) is 4.31 Å². The van der Waals surface area contributed by atoms with Crippen LogP contribution in [-0.2, 0) is 10.0 Å². The molecule has 108 valence electrons. The predicted molar refractivity (Wildman–Crippen MR) is 79.6 cm³/mol. The summed E-state index contributed by atoms with van der Waals surface area (Å²) < 4.78 is 26.9. The summed E-state index contributed by atoms with van der Waals surface area (Å²) in [5, 5.41) is 0. The molecule has 0 atom stereocenters. The highest BCUT2D eigenvalue weighted by Crippen LogP contribution is 2.27. The van der Waals surface area contributed by atoms with Gasteiger partial charge in [0.25, 0.3) is 0 Å². The summed E-state index contributed by atoms with van der Waals surface area (Å²) in [7, 11) is -3.52. The number of benzene rings is 1. The van der Waals surface area contributed by atoms with Crippen LogP contribution in [0, 0.1) is 13.8 Å². The van der Waals surface area contributed by atoms with Crippen LogP contribution in [0.3, 0.4) is 0 Å². The number of rotatable bonds is 5. The summed E-state index contributed by atoms with van der Waals surface area (Å²) in [6.07, 6.45) is 0.780. The Morgan fingerprint density at radius 1 is 1.21 bits per heavy atom. The van der Waals surface area contributed by atoms with E-state index >= 15 is 0 Å². The molecule has 2 N–H and O–H groups in total. The van der Waals surface area contributed by atoms with Gasteiger partial charge in [0.1, 0.15) is 4.90 Å². The van der Waals surface area contributed by atoms with Gasteiger partial charge in [0.15, 0.2) is 0 Å². The predicted octanol–water partition coefficient (Wildman–Crippen LogP) is 2.69. The molecular weight excluding hydrogens is 260 g/mol. The molecule has 0 unspecified atom stereocenters. The van der Waals surface area contributed by atoms with Gasteiger partial charge in [0, 0.05) is 12.6 Å². The minimum Gasteiger partial charge on any atom is -0.398 e. The monoisotopic (exact) mass is 284 g/mol. The average molecular weight is 284 g/mol. The second kappa shape index (κ2) is 5.92. The Labute approximate surface area is 116 Å². The van der Waals surface area contributed by atoms with Gasteiger partial charge < -0.3 is 5.73 Å². The maximum Gasteiger partial charge on any atom is 0.245 e. The van der Waals surface area contributed by atoms with Crippen molar-refractivity contribution < 1.29 is 8.42 Å². The van der Waals surface area contributed by atoms with Crippen molar-refractivity contribution in [2.45, 2.75) is 52.0 Å². The highest BCUT2D eigenvalue weighted by Gasteiger charge is 2.28. The molecule has 0 fully saturated rings. The highest BCUT2D eigenvalue weighted by atomic mass is 32.2. The lowest BCUT2D eigenvalue weighted by atomic mass is 10.1. The summed E-state index contributed by atoms with van der Waals surface area (Å²) in [5.41, 5.74) is 8.17. The van der Waals surface area contributed by atoms with Crippen LogP contribution in [0.5, 0.6) is 0 Å². The fraction of sp³-hybridized carbons (Fsp3) is 0.571. The maximum absolute atomic E-state index is 12.7. The quantitative estimate of drug-likeness (QED) is 0.846. The first kappa shape index (κ1) is 16.0. The first-order valence-corrected chi connectivity index (χ1v) is 8.04. The molecule has 1 aromatic rings. The second-order valence-electron chi connectivity index (χ2n) is 5.18. The van der Waals surface area contributed by atoms with E-state index < -0.39 is 10.0 Å². The van der Waals surface area contributed by atoms with E-state index in [9.17, 15) is 8.42 Å². The van der Waals surface area contributed by atoms with Crippen molar-refractivity contribution in [2.75, 3.05) is 12.3 Å². The first-order valence-electron chi connectivity index (χ1n) is 6.60. The van der Waals surface area contributed by atoms with E-state index in [0.29, 0.717) is 12.2 Å². The largest absolute Gasteiger partial charge is 0.398 e. The van der Waals surface area contributed by atoms with E-state index in [1.165, 1.54) is 4.31 Å². The fourth-order valence-electron chi connectivity index (χ4n) is 2.04. The summed E-state index contributed by atoms with van der Waals surface area (Å²) >= 11 is 0. The molecule has 0 spiro atoms. The van der Waals surface area contributed by atoms with Crippen LogP contribution in [0.1, 0.15) is 38.3 Å². The molecule has 0 radical (unpaired) electrons. The molecule has 0 aliphatic rings. The number of anilines is 1. The van der Waals surface area contributed by atoms with Crippen LogP contribution in [-0.4, -0.2) is 25.3 Å². The SMILES string of the molecule is CCCN(C(C)C)S(=O)(=O)c1cc(C)c(C)cc1N. The molecule has 0 aromatic heterocycles. The van der Waals surface area contributed by atoms with E-state index in [1.54, 1.807) is 12.1 Å². The number of nitrogens with two attached hydrogens (primary N) is 1. The molecule has 5 heteroatoms. The van der Waals surface area contributed by atoms with Crippen LogP contribution in [0.4, 0.5) is 5.69 Å². The third kappa shape index (κ3) is 3.28. The number of aryl methyl sites for hydroxylation is 2. The van der Waals surface area contributed by atoms with E-state index in [2.05, 4.69) is 0 Å². The fourth-order valence-corrected chi connectivity index (χ4v) is 3.95. The zero-order valence-corrected chi connectivity index (χ0v) is 13.2. The number of nitrogens with zero attached hydrogens (tertiary/aromatic N) is 1. The molecule has 0 amide bonds. The van der Waals surface area contributed by atoms with Gasteiger partial charge in [-0.05, 0) is 57.4 Å². The van der Waals surface area contributed by atoms with Crippen LogP contribution in [0.15, 0.2) is 17.0 Å². The topological polar surface area (TPSA) is 63.4 Å². The van der Waals surface area contributed by atoms with Crippen LogP contribution in [0.25, 0.3) is 0 Å². The Balaban J connectivity index is 3.37. The minimum atomic E-state index is -3.52. The van der Waals surface area contributed by atoms with Crippen molar-refractivity contribution in [3.05, 3.63) is 23.3 Å². The average Bonchev–Trinajstić information content (AvgIpc) is 2.29. The van der Waals surface area contributed by atoms with Gasteiger partial charge in [-0.3, -0.25) is 0 Å². The smallest absolute Gasteiger partial charge is 0.245 e. The van der Waals surface area contributed by atoms with Gasteiger partial charge >= 0.3 is 0 Å². The lowest BCUT2D eigenvalue weighted by Gasteiger charge is -2.26. The molecule has 0 saturated carbocycles. The number of hydrogen-bond donors (Lipinski definition) is 1. The molecule has 0 aliphatic carbocycles. The van der Waals surface area contributed by atoms with Gasteiger partial charge in [0.2, 0.25) is 10.0 Å². The van der Waals surface area contributed by atoms with Crippen LogP contribution >= 0.6 is 0 Å². The van der Waals surface area contributed by atoms with Crippen molar-refractivity contribution >= 4 is 15.7 Å². The number of hydrogen-bond acceptors (Lipinski definition) is 3. The van der Waals surface area contributed by atoms with E-state index in [0.717, 1.165) is 17.5 Å². The van der Waals surface area contributed by atoms with Crippen molar-refractivity contribution in [3.8, 4) is 0 Å². The van der Waals surface area contributed by atoms with Crippen LogP contribution < -0.4 is 5.73 Å². The van der Waals surface area contributed by atoms with Gasteiger partial charge in [-0.15, -0.1) is 0 Å². The lowest BCUT2D eigenvalue weighted by molar-refractivity contribution is 0.354. The molecule has 0 saturated heterocycles. The molecule has 0 aliphatic heterocycles. The van der Waals surface area contributed by atoms with Crippen molar-refractivity contribution in [1.29, 1.82) is 0 Å². The zero-order chi connectivity index (χ0) is 14.8. The highest BCUT2D eigenvalue weighted by molar-refractivity contribution is 7.89. The summed E-state index contributed by atoms with van der Waals surface area (Å²) in [4.78, 5) is 0.220. The van der Waals surface area contributed by atoms with Gasteiger partial charge in [-0.25, -0.2) is 8.42 Å². The molecule has 1 rings (SSSR count). The van der Waals surface area contributed by atoms with Gasteiger partial charge in [0.05, 0.1) is 5.69 Å². The third-order valence-electron chi connectivity index (χ3n) is 3.23. The Morgan fingerprint density at radius 3 is 2.21 bits per heavy atom. The summed E-state index contributed by atoms with van der Waals surface area (Å²) in [6.45, 7) is 10.1. The van der Waals surface area contributed by atoms with Gasteiger partial charge in [-0.2, -0.15) is 4.31 Å². The molecule has 0 bridgehead atoms. The summed E-state index contributed by atoms with van der Waals surface area (Å²) in [5.74, 6) is 0. The van der Waals surface area contributed by atoms with Gasteiger partial charge in [-0.1, -0.05) is 6.92 Å². The Hall–Kier alpha value is -1.07. The Bertz CT molecular complexity index is 551. The molecule has 0 heterocycles. The standard InChI is InChI=1S/C14H24N2O2S/c1-6-7-16(10(2)3)19(17,18)14-9-12(5)11(4)8-13(14)15/h8-10H,6-7,15H2,1-5H3. The summed E-state index contributed by atoms with van der Waals surface area (Å²) in [6, 6.07) is 3.32. The van der Waals surface area contributed by atoms with E-state index in [4.69, 9.17) is 5.73 Å². The Morgan fingerprint density at radius 2 is 1.74 bits per heavy atom. The maximum atomic E-state index is 12.7. The minimum absolute atomic E-state index is 0.0778. The normalized spacial score (nSPS) is 12.4. The third-order valence-corrected chi connectivity index (χ3v) is 5.36.